The minimum absolute atomic E-state index is 0.565. The van der Waals surface area contributed by atoms with E-state index >= 15 is 0 Å². The Morgan fingerprint density at radius 1 is 0.931 bits per heavy atom. The van der Waals surface area contributed by atoms with Gasteiger partial charge in [-0.25, -0.2) is 4.68 Å². The van der Waals surface area contributed by atoms with Gasteiger partial charge >= 0.3 is 0 Å². The normalized spacial score (nSPS) is 14.2. The molecule has 2 aromatic heterocycles. The van der Waals surface area contributed by atoms with Crippen LogP contribution in [0.25, 0.3) is 27.6 Å². The van der Waals surface area contributed by atoms with Crippen LogP contribution >= 0.6 is 34.5 Å². The maximum Gasteiger partial charge on any atom is 0.168 e. The second kappa shape index (κ2) is 7.56. The summed E-state index contributed by atoms with van der Waals surface area (Å²) in [5, 5.41) is 17.3. The van der Waals surface area contributed by atoms with Gasteiger partial charge in [0.25, 0.3) is 0 Å². The highest BCUT2D eigenvalue weighted by molar-refractivity contribution is 7.14. The number of halogens is 2. The molecule has 0 bridgehead atoms. The fourth-order valence-electron chi connectivity index (χ4n) is 3.57. The Hall–Kier alpha value is -2.21. The summed E-state index contributed by atoms with van der Waals surface area (Å²) in [5.74, 6) is 0.565. The van der Waals surface area contributed by atoms with E-state index in [1.807, 2.05) is 53.2 Å². The van der Waals surface area contributed by atoms with Gasteiger partial charge in [0.2, 0.25) is 0 Å². The zero-order chi connectivity index (χ0) is 20.0. The summed E-state index contributed by atoms with van der Waals surface area (Å²) in [7, 11) is 0. The van der Waals surface area contributed by atoms with Gasteiger partial charge in [-0.3, -0.25) is 0 Å². The Morgan fingerprint density at radius 2 is 1.59 bits per heavy atom. The van der Waals surface area contributed by atoms with Crippen molar-refractivity contribution in [3.63, 3.8) is 0 Å². The Kier molecular flexibility index (Phi) is 4.90. The molecule has 0 amide bonds. The predicted octanol–water partition coefficient (Wildman–Crippen LogP) is 6.94. The minimum atomic E-state index is 0.565. The Morgan fingerprint density at radius 3 is 2.21 bits per heavy atom. The van der Waals surface area contributed by atoms with Crippen molar-refractivity contribution >= 4 is 34.5 Å². The zero-order valence-electron chi connectivity index (χ0n) is 15.8. The van der Waals surface area contributed by atoms with Crippen LogP contribution in [0.15, 0.2) is 48.5 Å². The maximum atomic E-state index is 6.11. The molecular weight excluding hydrogens is 423 g/mol. The summed E-state index contributed by atoms with van der Waals surface area (Å²) >= 11 is 13.9. The van der Waals surface area contributed by atoms with Gasteiger partial charge in [0.15, 0.2) is 5.01 Å². The average molecular weight is 441 g/mol. The van der Waals surface area contributed by atoms with Crippen LogP contribution in [0.5, 0.6) is 0 Å². The van der Waals surface area contributed by atoms with Crippen LogP contribution in [0, 0.1) is 6.92 Å². The summed E-state index contributed by atoms with van der Waals surface area (Å²) in [6.45, 7) is 2.09. The summed E-state index contributed by atoms with van der Waals surface area (Å²) < 4.78 is 1.95. The highest BCUT2D eigenvalue weighted by Crippen LogP contribution is 2.41. The van der Waals surface area contributed by atoms with E-state index in [2.05, 4.69) is 17.1 Å². The van der Waals surface area contributed by atoms with Gasteiger partial charge in [0.05, 0.1) is 11.4 Å². The largest absolute Gasteiger partial charge is 0.232 e. The quantitative estimate of drug-likeness (QED) is 0.345. The molecule has 1 fully saturated rings. The predicted molar refractivity (Wildman–Crippen MR) is 119 cm³/mol. The van der Waals surface area contributed by atoms with Crippen LogP contribution < -0.4 is 0 Å². The van der Waals surface area contributed by atoms with Gasteiger partial charge in [-0.1, -0.05) is 53.1 Å². The van der Waals surface area contributed by atoms with E-state index in [4.69, 9.17) is 28.3 Å². The van der Waals surface area contributed by atoms with Crippen molar-refractivity contribution in [2.75, 3.05) is 0 Å². The summed E-state index contributed by atoms with van der Waals surface area (Å²) in [4.78, 5) is 0. The zero-order valence-corrected chi connectivity index (χ0v) is 18.1. The lowest BCUT2D eigenvalue weighted by Gasteiger charge is -2.21. The SMILES string of the molecule is Cc1c(-c2nnc(C3CCC3)s2)nn(-c2ccc(Cl)cc2)c1-c1ccc(Cl)cc1. The highest BCUT2D eigenvalue weighted by atomic mass is 35.5. The molecule has 1 saturated carbocycles. The van der Waals surface area contributed by atoms with E-state index in [0.717, 1.165) is 38.2 Å². The first kappa shape index (κ1) is 18.8. The molecule has 4 nitrogen and oxygen atoms in total. The van der Waals surface area contributed by atoms with Crippen molar-refractivity contribution in [1.29, 1.82) is 0 Å². The van der Waals surface area contributed by atoms with Crippen LogP contribution in [0.2, 0.25) is 10.0 Å². The topological polar surface area (TPSA) is 43.6 Å². The molecule has 2 heterocycles. The molecule has 5 rings (SSSR count). The highest BCUT2D eigenvalue weighted by Gasteiger charge is 2.26. The Balaban J connectivity index is 1.66. The number of aromatic nitrogens is 4. The van der Waals surface area contributed by atoms with Crippen LogP contribution in [0.3, 0.4) is 0 Å². The van der Waals surface area contributed by atoms with Gasteiger partial charge in [0.1, 0.15) is 10.7 Å². The molecule has 7 heteroatoms. The van der Waals surface area contributed by atoms with Gasteiger partial charge in [-0.2, -0.15) is 5.10 Å². The van der Waals surface area contributed by atoms with Crippen molar-refractivity contribution in [3.8, 4) is 27.6 Å². The lowest BCUT2D eigenvalue weighted by molar-refractivity contribution is 0.416. The van der Waals surface area contributed by atoms with Gasteiger partial charge < -0.3 is 0 Å². The summed E-state index contributed by atoms with van der Waals surface area (Å²) in [6.07, 6.45) is 3.70. The van der Waals surface area contributed by atoms with Crippen molar-refractivity contribution in [3.05, 3.63) is 69.1 Å². The molecule has 2 aromatic carbocycles. The molecule has 0 N–H and O–H groups in total. The van der Waals surface area contributed by atoms with E-state index in [1.54, 1.807) is 11.3 Å². The molecule has 1 aliphatic carbocycles. The second-order valence-corrected chi connectivity index (χ2v) is 9.17. The molecule has 0 saturated heterocycles. The Bertz CT molecular complexity index is 1160. The average Bonchev–Trinajstić information content (AvgIpc) is 3.27. The van der Waals surface area contributed by atoms with Crippen LogP contribution in [0.4, 0.5) is 0 Å². The molecule has 0 spiro atoms. The monoisotopic (exact) mass is 440 g/mol. The molecular formula is C22H18Cl2N4S. The molecule has 146 valence electrons. The summed E-state index contributed by atoms with van der Waals surface area (Å²) in [6, 6.07) is 15.5. The van der Waals surface area contributed by atoms with E-state index in [-0.39, 0.29) is 0 Å². The van der Waals surface area contributed by atoms with Crippen molar-refractivity contribution < 1.29 is 0 Å². The van der Waals surface area contributed by atoms with Crippen LogP contribution in [-0.4, -0.2) is 20.0 Å². The molecule has 0 atom stereocenters. The molecule has 0 unspecified atom stereocenters. The minimum Gasteiger partial charge on any atom is -0.232 e. The standard InChI is InChI=1S/C22H18Cl2N4S/c1-13-19(22-26-25-21(29-22)15-3-2-4-15)27-28(18-11-9-17(24)10-12-18)20(13)14-5-7-16(23)8-6-14/h5-12,15H,2-4H2,1H3. The number of nitrogens with zero attached hydrogens (tertiary/aromatic N) is 4. The fourth-order valence-corrected chi connectivity index (χ4v) is 4.87. The molecule has 0 aliphatic heterocycles. The van der Waals surface area contributed by atoms with Gasteiger partial charge in [0, 0.05) is 27.1 Å². The third kappa shape index (κ3) is 3.48. The van der Waals surface area contributed by atoms with E-state index in [0.29, 0.717) is 16.0 Å². The van der Waals surface area contributed by atoms with Crippen LogP contribution in [0.1, 0.15) is 35.8 Å². The maximum absolute atomic E-state index is 6.11. The van der Waals surface area contributed by atoms with Crippen molar-refractivity contribution in [2.45, 2.75) is 32.1 Å². The van der Waals surface area contributed by atoms with Crippen molar-refractivity contribution in [2.24, 2.45) is 0 Å². The number of hydrogen-bond donors (Lipinski definition) is 0. The van der Waals surface area contributed by atoms with E-state index in [1.165, 1.54) is 19.3 Å². The third-order valence-electron chi connectivity index (χ3n) is 5.41. The smallest absolute Gasteiger partial charge is 0.168 e. The molecule has 1 aliphatic rings. The van der Waals surface area contributed by atoms with Gasteiger partial charge in [-0.05, 0) is 56.2 Å². The molecule has 0 radical (unpaired) electrons. The first-order valence-electron chi connectivity index (χ1n) is 9.55. The van der Waals surface area contributed by atoms with Gasteiger partial charge in [-0.15, -0.1) is 10.2 Å². The lowest BCUT2D eigenvalue weighted by atomic mass is 9.86. The number of benzene rings is 2. The van der Waals surface area contributed by atoms with Crippen molar-refractivity contribution in [1.82, 2.24) is 20.0 Å². The second-order valence-electron chi connectivity index (χ2n) is 7.29. The van der Waals surface area contributed by atoms with E-state index < -0.39 is 0 Å². The van der Waals surface area contributed by atoms with Crippen LogP contribution in [-0.2, 0) is 0 Å². The first-order chi connectivity index (χ1) is 14.1. The third-order valence-corrected chi connectivity index (χ3v) is 7.01. The number of hydrogen-bond acceptors (Lipinski definition) is 4. The molecule has 4 aromatic rings. The lowest BCUT2D eigenvalue weighted by Crippen LogP contribution is -2.07. The first-order valence-corrected chi connectivity index (χ1v) is 11.1. The Labute approximate surface area is 183 Å². The summed E-state index contributed by atoms with van der Waals surface area (Å²) in [5.41, 5.74) is 4.94. The number of rotatable bonds is 4. The molecule has 29 heavy (non-hydrogen) atoms. The van der Waals surface area contributed by atoms with E-state index in [9.17, 15) is 0 Å². The fraction of sp³-hybridized carbons (Fsp3) is 0.227.